The summed E-state index contributed by atoms with van der Waals surface area (Å²) >= 11 is 0. The molecule has 2 rings (SSSR count). The van der Waals surface area contributed by atoms with E-state index < -0.39 is 5.97 Å². The molecule has 0 saturated carbocycles. The Bertz CT molecular complexity index is 596. The zero-order valence-corrected chi connectivity index (χ0v) is 13.5. The molecule has 0 aromatic heterocycles. The first-order chi connectivity index (χ1) is 11.6. The number of hydrogen-bond donors (Lipinski definition) is 1. The smallest absolute Gasteiger partial charge is 0.305 e. The predicted molar refractivity (Wildman–Crippen MR) is 87.9 cm³/mol. The minimum absolute atomic E-state index is 0.0215. The van der Waals surface area contributed by atoms with Crippen LogP contribution >= 0.6 is 0 Å². The van der Waals surface area contributed by atoms with E-state index >= 15 is 0 Å². The number of rotatable bonds is 7. The van der Waals surface area contributed by atoms with Crippen molar-refractivity contribution < 1.29 is 23.8 Å². The molecule has 1 heterocycles. The number of carbonyl (C=O) groups excluding carboxylic acids is 1. The van der Waals surface area contributed by atoms with Gasteiger partial charge in [-0.25, -0.2) is 4.39 Å². The normalized spacial score (nSPS) is 15.5. The summed E-state index contributed by atoms with van der Waals surface area (Å²) < 4.78 is 18.4. The summed E-state index contributed by atoms with van der Waals surface area (Å²) in [7, 11) is 0. The molecule has 6 heteroatoms. The van der Waals surface area contributed by atoms with Gasteiger partial charge in [0.1, 0.15) is 5.82 Å². The molecule has 1 N–H and O–H groups in total. The van der Waals surface area contributed by atoms with Crippen molar-refractivity contribution >= 4 is 18.0 Å². The number of halogens is 1. The molecular formula is C18H22FNO4. The fourth-order valence-corrected chi connectivity index (χ4v) is 2.75. The van der Waals surface area contributed by atoms with Crippen LogP contribution < -0.4 is 0 Å². The van der Waals surface area contributed by atoms with Crippen LogP contribution in [0.1, 0.15) is 31.2 Å². The molecule has 0 unspecified atom stereocenters. The number of carboxylic acid groups (broad SMARTS) is 1. The van der Waals surface area contributed by atoms with E-state index in [4.69, 9.17) is 9.84 Å². The van der Waals surface area contributed by atoms with E-state index in [1.165, 1.54) is 12.1 Å². The topological polar surface area (TPSA) is 66.8 Å². The van der Waals surface area contributed by atoms with Gasteiger partial charge in [-0.3, -0.25) is 9.59 Å². The standard InChI is InChI=1S/C18H22FNO4/c19-15-5-1-3-14(13-15)4-2-6-17(21)20(10-7-18(22)23)16-8-11-24-12-9-16/h1-5,13,16H,6-12H2,(H,22,23). The zero-order chi connectivity index (χ0) is 17.4. The first kappa shape index (κ1) is 18.1. The molecule has 1 fully saturated rings. The van der Waals surface area contributed by atoms with E-state index in [-0.39, 0.29) is 37.2 Å². The first-order valence-electron chi connectivity index (χ1n) is 8.07. The summed E-state index contributed by atoms with van der Waals surface area (Å²) in [5, 5.41) is 8.88. The highest BCUT2D eigenvalue weighted by Gasteiger charge is 2.25. The number of carboxylic acids is 1. The fraction of sp³-hybridized carbons (Fsp3) is 0.444. The van der Waals surface area contributed by atoms with Crippen LogP contribution in [0.15, 0.2) is 30.3 Å². The van der Waals surface area contributed by atoms with Crippen molar-refractivity contribution in [3.63, 3.8) is 0 Å². The Balaban J connectivity index is 1.96. The number of benzene rings is 1. The van der Waals surface area contributed by atoms with E-state index in [0.717, 1.165) is 12.8 Å². The maximum Gasteiger partial charge on any atom is 0.305 e. The van der Waals surface area contributed by atoms with Gasteiger partial charge in [0, 0.05) is 32.2 Å². The van der Waals surface area contributed by atoms with E-state index in [1.54, 1.807) is 29.2 Å². The molecule has 0 atom stereocenters. The van der Waals surface area contributed by atoms with Crippen molar-refractivity contribution in [3.8, 4) is 0 Å². The summed E-state index contributed by atoms with van der Waals surface area (Å²) in [6, 6.07) is 6.14. The zero-order valence-electron chi connectivity index (χ0n) is 13.5. The van der Waals surface area contributed by atoms with Crippen molar-refractivity contribution in [2.24, 2.45) is 0 Å². The Hall–Kier alpha value is -2.21. The molecule has 130 valence electrons. The van der Waals surface area contributed by atoms with Crippen LogP contribution in [0.25, 0.3) is 6.08 Å². The highest BCUT2D eigenvalue weighted by atomic mass is 19.1. The number of carbonyl (C=O) groups is 2. The third-order valence-corrected chi connectivity index (χ3v) is 3.97. The Kier molecular flexibility index (Phi) is 6.93. The highest BCUT2D eigenvalue weighted by molar-refractivity contribution is 5.79. The molecule has 0 aliphatic carbocycles. The molecule has 0 bridgehead atoms. The summed E-state index contributed by atoms with van der Waals surface area (Å²) in [5.41, 5.74) is 0.686. The van der Waals surface area contributed by atoms with Crippen molar-refractivity contribution in [2.75, 3.05) is 19.8 Å². The summed E-state index contributed by atoms with van der Waals surface area (Å²) in [5.74, 6) is -1.36. The quantitative estimate of drug-likeness (QED) is 0.832. The molecular weight excluding hydrogens is 313 g/mol. The van der Waals surface area contributed by atoms with Gasteiger partial charge in [-0.05, 0) is 30.5 Å². The minimum atomic E-state index is -0.921. The average molecular weight is 335 g/mol. The van der Waals surface area contributed by atoms with E-state index in [9.17, 15) is 14.0 Å². The SMILES string of the molecule is O=C(O)CCN(C(=O)CC=Cc1cccc(F)c1)C1CCOCC1. The van der Waals surface area contributed by atoms with Crippen LogP contribution in [0, 0.1) is 5.82 Å². The van der Waals surface area contributed by atoms with Gasteiger partial charge in [0.25, 0.3) is 0 Å². The maximum absolute atomic E-state index is 13.1. The third kappa shape index (κ3) is 5.77. The summed E-state index contributed by atoms with van der Waals surface area (Å²) in [6.07, 6.45) is 4.91. The summed E-state index contributed by atoms with van der Waals surface area (Å²) in [4.78, 5) is 25.0. The van der Waals surface area contributed by atoms with E-state index in [2.05, 4.69) is 0 Å². The second-order valence-electron chi connectivity index (χ2n) is 5.74. The molecule has 1 aliphatic rings. The summed E-state index contributed by atoms with van der Waals surface area (Å²) in [6.45, 7) is 1.37. The largest absolute Gasteiger partial charge is 0.481 e. The molecule has 1 aromatic carbocycles. The Morgan fingerprint density at radius 3 is 2.75 bits per heavy atom. The number of ether oxygens (including phenoxy) is 1. The van der Waals surface area contributed by atoms with Crippen molar-refractivity contribution in [1.29, 1.82) is 0 Å². The highest BCUT2D eigenvalue weighted by Crippen LogP contribution is 2.16. The van der Waals surface area contributed by atoms with E-state index in [0.29, 0.717) is 18.8 Å². The lowest BCUT2D eigenvalue weighted by Crippen LogP contribution is -2.44. The van der Waals surface area contributed by atoms with Gasteiger partial charge in [-0.2, -0.15) is 0 Å². The third-order valence-electron chi connectivity index (χ3n) is 3.97. The van der Waals surface area contributed by atoms with E-state index in [1.807, 2.05) is 0 Å². The van der Waals surface area contributed by atoms with Gasteiger partial charge in [0.2, 0.25) is 5.91 Å². The van der Waals surface area contributed by atoms with Crippen molar-refractivity contribution in [3.05, 3.63) is 41.7 Å². The first-order valence-corrected chi connectivity index (χ1v) is 8.07. The lowest BCUT2D eigenvalue weighted by molar-refractivity contribution is -0.140. The Labute approximate surface area is 140 Å². The molecule has 1 saturated heterocycles. The van der Waals surface area contributed by atoms with Crippen molar-refractivity contribution in [2.45, 2.75) is 31.7 Å². The van der Waals surface area contributed by atoms with Crippen LogP contribution in [0.2, 0.25) is 0 Å². The Morgan fingerprint density at radius 2 is 2.08 bits per heavy atom. The molecule has 5 nitrogen and oxygen atoms in total. The minimum Gasteiger partial charge on any atom is -0.481 e. The molecule has 1 aliphatic heterocycles. The van der Waals surface area contributed by atoms with Crippen LogP contribution in [0.5, 0.6) is 0 Å². The Morgan fingerprint density at radius 1 is 1.33 bits per heavy atom. The average Bonchev–Trinajstić information content (AvgIpc) is 2.56. The predicted octanol–water partition coefficient (Wildman–Crippen LogP) is 2.71. The second kappa shape index (κ2) is 9.17. The number of nitrogens with zero attached hydrogens (tertiary/aromatic N) is 1. The number of hydrogen-bond acceptors (Lipinski definition) is 3. The van der Waals surface area contributed by atoms with Crippen LogP contribution in [0.4, 0.5) is 4.39 Å². The van der Waals surface area contributed by atoms with Crippen molar-refractivity contribution in [1.82, 2.24) is 4.90 Å². The van der Waals surface area contributed by atoms with Gasteiger partial charge in [-0.1, -0.05) is 24.3 Å². The van der Waals surface area contributed by atoms with Crippen LogP contribution in [0.3, 0.4) is 0 Å². The molecule has 1 amide bonds. The molecule has 1 aromatic rings. The van der Waals surface area contributed by atoms with Crippen LogP contribution in [-0.2, 0) is 14.3 Å². The lowest BCUT2D eigenvalue weighted by Gasteiger charge is -2.34. The fourth-order valence-electron chi connectivity index (χ4n) is 2.75. The maximum atomic E-state index is 13.1. The van der Waals surface area contributed by atoms with Gasteiger partial charge in [-0.15, -0.1) is 0 Å². The lowest BCUT2D eigenvalue weighted by atomic mass is 10.1. The molecule has 0 spiro atoms. The monoisotopic (exact) mass is 335 g/mol. The molecule has 0 radical (unpaired) electrons. The van der Waals surface area contributed by atoms with Gasteiger partial charge < -0.3 is 14.7 Å². The number of amides is 1. The molecule has 24 heavy (non-hydrogen) atoms. The van der Waals surface area contributed by atoms with Crippen LogP contribution in [-0.4, -0.2) is 47.7 Å². The van der Waals surface area contributed by atoms with Gasteiger partial charge >= 0.3 is 5.97 Å². The van der Waals surface area contributed by atoms with Gasteiger partial charge in [0.15, 0.2) is 0 Å². The second-order valence-corrected chi connectivity index (χ2v) is 5.74. The number of aliphatic carboxylic acids is 1. The van der Waals surface area contributed by atoms with Gasteiger partial charge in [0.05, 0.1) is 6.42 Å².